The Kier molecular flexibility index (Phi) is 13.4. The van der Waals surface area contributed by atoms with Crippen LogP contribution in [0, 0.1) is 11.8 Å². The lowest BCUT2D eigenvalue weighted by molar-refractivity contribution is -0.127. The third kappa shape index (κ3) is 11.6. The largest absolute Gasteiger partial charge is 0.457 e. The Bertz CT molecular complexity index is 1260. The second-order valence-electron chi connectivity index (χ2n) is 11.3. The van der Waals surface area contributed by atoms with E-state index < -0.39 is 24.5 Å². The van der Waals surface area contributed by atoms with Crippen molar-refractivity contribution in [1.29, 1.82) is 0 Å². The quantitative estimate of drug-likeness (QED) is 0.163. The number of Topliss-reactive ketones (excluding diaryl/α,β-unsaturated/α-hetero) is 2. The maximum absolute atomic E-state index is 13.4. The molecule has 0 heterocycles. The molecule has 3 aromatic rings. The van der Waals surface area contributed by atoms with Gasteiger partial charge >= 0.3 is 0 Å². The summed E-state index contributed by atoms with van der Waals surface area (Å²) in [6, 6.07) is 25.5. The predicted octanol–water partition coefficient (Wildman–Crippen LogP) is 5.92. The van der Waals surface area contributed by atoms with Crippen molar-refractivity contribution in [2.24, 2.45) is 11.8 Å². The summed E-state index contributed by atoms with van der Waals surface area (Å²) in [6.07, 6.45) is 1.65. The molecule has 3 aromatic carbocycles. The number of carbonyl (C=O) groups excluding carboxylic acids is 3. The van der Waals surface area contributed by atoms with Gasteiger partial charge < -0.3 is 20.3 Å². The third-order valence-corrected chi connectivity index (χ3v) is 7.25. The number of rotatable bonds is 18. The van der Waals surface area contributed by atoms with Gasteiger partial charge in [-0.2, -0.15) is 0 Å². The number of aliphatic hydroxyl groups is 2. The van der Waals surface area contributed by atoms with Crippen LogP contribution in [0.5, 0.6) is 11.5 Å². The zero-order chi connectivity index (χ0) is 30.3. The molecule has 42 heavy (non-hydrogen) atoms. The summed E-state index contributed by atoms with van der Waals surface area (Å²) in [5.41, 5.74) is 1.51. The molecule has 7 heteroatoms. The van der Waals surface area contributed by atoms with Crippen LogP contribution >= 0.6 is 0 Å². The molecule has 7 nitrogen and oxygen atoms in total. The number of nitrogens with one attached hydrogen (secondary N) is 1. The highest BCUT2D eigenvalue weighted by Gasteiger charge is 2.27. The fourth-order valence-electron chi connectivity index (χ4n) is 4.88. The van der Waals surface area contributed by atoms with Gasteiger partial charge in [0.2, 0.25) is 5.91 Å². The van der Waals surface area contributed by atoms with Crippen LogP contribution in [0.1, 0.15) is 68.3 Å². The molecule has 3 atom stereocenters. The smallest absolute Gasteiger partial charge is 0.220 e. The second kappa shape index (κ2) is 17.2. The lowest BCUT2D eigenvalue weighted by Gasteiger charge is -2.28. The van der Waals surface area contributed by atoms with E-state index in [0.717, 1.165) is 18.4 Å². The number of carbonyl (C=O) groups is 3. The Balaban J connectivity index is 1.72. The fourth-order valence-corrected chi connectivity index (χ4v) is 4.88. The first-order valence-electron chi connectivity index (χ1n) is 14.7. The van der Waals surface area contributed by atoms with E-state index in [-0.39, 0.29) is 36.9 Å². The van der Waals surface area contributed by atoms with Gasteiger partial charge in [-0.15, -0.1) is 0 Å². The van der Waals surface area contributed by atoms with Crippen LogP contribution in [0.3, 0.4) is 0 Å². The zero-order valence-corrected chi connectivity index (χ0v) is 24.6. The van der Waals surface area contributed by atoms with Gasteiger partial charge in [0.1, 0.15) is 18.1 Å². The van der Waals surface area contributed by atoms with Gasteiger partial charge in [0.15, 0.2) is 11.6 Å². The number of hydrogen-bond acceptors (Lipinski definition) is 6. The van der Waals surface area contributed by atoms with Crippen molar-refractivity contribution in [2.75, 3.05) is 6.61 Å². The van der Waals surface area contributed by atoms with Crippen molar-refractivity contribution in [1.82, 2.24) is 5.32 Å². The van der Waals surface area contributed by atoms with Crippen molar-refractivity contribution >= 4 is 17.5 Å². The van der Waals surface area contributed by atoms with E-state index in [1.54, 1.807) is 18.2 Å². The van der Waals surface area contributed by atoms with Crippen molar-refractivity contribution in [2.45, 2.75) is 70.9 Å². The van der Waals surface area contributed by atoms with Crippen LogP contribution in [0.2, 0.25) is 0 Å². The van der Waals surface area contributed by atoms with Gasteiger partial charge in [-0.3, -0.25) is 14.4 Å². The summed E-state index contributed by atoms with van der Waals surface area (Å²) in [6.45, 7) is 3.66. The van der Waals surface area contributed by atoms with Crippen LogP contribution in [-0.2, 0) is 16.0 Å². The van der Waals surface area contributed by atoms with Gasteiger partial charge in [-0.1, -0.05) is 80.9 Å². The first-order valence-corrected chi connectivity index (χ1v) is 14.7. The molecule has 0 unspecified atom stereocenters. The van der Waals surface area contributed by atoms with Gasteiger partial charge in [-0.25, -0.2) is 0 Å². The van der Waals surface area contributed by atoms with Crippen LogP contribution < -0.4 is 10.1 Å². The number of hydrogen-bond donors (Lipinski definition) is 3. The first kappa shape index (κ1) is 32.7. The van der Waals surface area contributed by atoms with E-state index >= 15 is 0 Å². The van der Waals surface area contributed by atoms with E-state index in [1.165, 1.54) is 0 Å². The number of ketones is 2. The van der Waals surface area contributed by atoms with Gasteiger partial charge in [-0.05, 0) is 60.9 Å². The predicted molar refractivity (Wildman–Crippen MR) is 163 cm³/mol. The van der Waals surface area contributed by atoms with Gasteiger partial charge in [0.05, 0.1) is 12.1 Å². The topological polar surface area (TPSA) is 113 Å². The second-order valence-corrected chi connectivity index (χ2v) is 11.3. The standard InChI is InChI=1S/C35H43NO6/c1-25(2)16-17-27(21-33(39)28-12-9-15-31(23-28)42-30-13-7-4-8-14-30)22-34(40)32(20-26-10-5-3-6-11-26)36-35(41)19-18-29(38)24-37/h3-15,23,25,27,32,34,37,40H,16-22,24H2,1-2H3,(H,36,41)/t27-,32+,34+/m1/s1. The summed E-state index contributed by atoms with van der Waals surface area (Å²) in [5.74, 6) is 0.813. The number of aliphatic hydroxyl groups excluding tert-OH is 2. The van der Waals surface area contributed by atoms with E-state index in [1.807, 2.05) is 66.7 Å². The number of para-hydroxylation sites is 1. The van der Waals surface area contributed by atoms with Crippen molar-refractivity contribution in [3.8, 4) is 11.5 Å². The summed E-state index contributed by atoms with van der Waals surface area (Å²) in [4.78, 5) is 37.6. The molecule has 0 aliphatic rings. The van der Waals surface area contributed by atoms with Crippen molar-refractivity contribution in [3.63, 3.8) is 0 Å². The average Bonchev–Trinajstić information content (AvgIpc) is 2.99. The van der Waals surface area contributed by atoms with Crippen molar-refractivity contribution < 1.29 is 29.3 Å². The van der Waals surface area contributed by atoms with Gasteiger partial charge in [0, 0.05) is 24.8 Å². The number of amides is 1. The van der Waals surface area contributed by atoms with Crippen molar-refractivity contribution in [3.05, 3.63) is 96.1 Å². The molecule has 3 N–H and O–H groups in total. The fraction of sp³-hybridized carbons (Fsp3) is 0.400. The van der Waals surface area contributed by atoms with E-state index in [2.05, 4.69) is 19.2 Å². The number of benzene rings is 3. The molecule has 0 radical (unpaired) electrons. The first-order chi connectivity index (χ1) is 20.2. The minimum Gasteiger partial charge on any atom is -0.457 e. The molecule has 0 aliphatic heterocycles. The molecule has 0 aliphatic carbocycles. The van der Waals surface area contributed by atoms with Gasteiger partial charge in [0.25, 0.3) is 0 Å². The zero-order valence-electron chi connectivity index (χ0n) is 24.6. The Morgan fingerprint density at radius 2 is 1.50 bits per heavy atom. The molecule has 0 spiro atoms. The average molecular weight is 574 g/mol. The molecule has 224 valence electrons. The maximum atomic E-state index is 13.4. The summed E-state index contributed by atoms with van der Waals surface area (Å²) in [7, 11) is 0. The third-order valence-electron chi connectivity index (χ3n) is 7.25. The minimum absolute atomic E-state index is 0.0272. The Morgan fingerprint density at radius 3 is 2.17 bits per heavy atom. The minimum atomic E-state index is -0.902. The van der Waals surface area contributed by atoms with Crippen LogP contribution in [-0.4, -0.2) is 46.4 Å². The Hall–Kier alpha value is -3.81. The molecule has 0 saturated carbocycles. The van der Waals surface area contributed by atoms with E-state index in [4.69, 9.17) is 9.84 Å². The molecule has 0 saturated heterocycles. The lowest BCUT2D eigenvalue weighted by Crippen LogP contribution is -2.45. The summed E-state index contributed by atoms with van der Waals surface area (Å²) < 4.78 is 5.92. The summed E-state index contributed by atoms with van der Waals surface area (Å²) in [5, 5.41) is 23.3. The highest BCUT2D eigenvalue weighted by Crippen LogP contribution is 2.27. The Labute approximate surface area is 248 Å². The molecule has 1 amide bonds. The molecular weight excluding hydrogens is 530 g/mol. The molecular formula is C35H43NO6. The molecule has 0 fully saturated rings. The SMILES string of the molecule is CC(C)CC[C@H](CC(=O)c1cccc(Oc2ccccc2)c1)C[C@H](O)[C@H](Cc1ccccc1)NC(=O)CCC(=O)CO. The van der Waals surface area contributed by atoms with Crippen LogP contribution in [0.15, 0.2) is 84.9 Å². The monoisotopic (exact) mass is 573 g/mol. The lowest BCUT2D eigenvalue weighted by atomic mass is 9.85. The number of ether oxygens (including phenoxy) is 1. The highest BCUT2D eigenvalue weighted by molar-refractivity contribution is 5.96. The summed E-state index contributed by atoms with van der Waals surface area (Å²) >= 11 is 0. The van der Waals surface area contributed by atoms with Crippen LogP contribution in [0.25, 0.3) is 0 Å². The van der Waals surface area contributed by atoms with E-state index in [0.29, 0.717) is 35.8 Å². The van der Waals surface area contributed by atoms with E-state index in [9.17, 15) is 19.5 Å². The van der Waals surface area contributed by atoms with Crippen LogP contribution in [0.4, 0.5) is 0 Å². The normalized spacial score (nSPS) is 13.3. The molecule has 3 rings (SSSR count). The maximum Gasteiger partial charge on any atom is 0.220 e. The molecule has 0 bridgehead atoms. The molecule has 0 aromatic heterocycles. The highest BCUT2D eigenvalue weighted by atomic mass is 16.5. The Morgan fingerprint density at radius 1 is 0.833 bits per heavy atom.